The van der Waals surface area contributed by atoms with Gasteiger partial charge in [0.05, 0.1) is 0 Å². The highest BCUT2D eigenvalue weighted by molar-refractivity contribution is 8.76. The van der Waals surface area contributed by atoms with Crippen LogP contribution < -0.4 is 0 Å². The van der Waals surface area contributed by atoms with Gasteiger partial charge in [-0.25, -0.2) is 0 Å². The Morgan fingerprint density at radius 2 is 1.32 bits per heavy atom. The fraction of sp³-hybridized carbons (Fsp3) is 1.00. The van der Waals surface area contributed by atoms with Crippen molar-refractivity contribution in [3.8, 4) is 0 Å². The van der Waals surface area contributed by atoms with Gasteiger partial charge in [-0.1, -0.05) is 94.2 Å². The predicted molar refractivity (Wildman–Crippen MR) is 96.2 cm³/mol. The molecule has 0 aliphatic heterocycles. The van der Waals surface area contributed by atoms with Crippen molar-refractivity contribution < 1.29 is 0 Å². The van der Waals surface area contributed by atoms with Crippen LogP contribution in [0.3, 0.4) is 0 Å². The Hall–Kier alpha value is 0.700. The molecule has 0 heterocycles. The van der Waals surface area contributed by atoms with Gasteiger partial charge in [0, 0.05) is 11.0 Å². The fourth-order valence-electron chi connectivity index (χ4n) is 2.64. The zero-order valence-electron chi connectivity index (χ0n) is 13.7. The van der Waals surface area contributed by atoms with Gasteiger partial charge in [-0.05, 0) is 25.2 Å². The molecule has 0 aromatic carbocycles. The zero-order valence-corrected chi connectivity index (χ0v) is 15.4. The predicted octanol–water partition coefficient (Wildman–Crippen LogP) is 7.33. The van der Waals surface area contributed by atoms with E-state index in [4.69, 9.17) is 0 Å². The number of rotatable bonds is 14. The third-order valence-corrected chi connectivity index (χ3v) is 7.04. The molecule has 116 valence electrons. The van der Waals surface area contributed by atoms with Crippen LogP contribution in [0.1, 0.15) is 91.9 Å². The highest BCUT2D eigenvalue weighted by Gasteiger charge is 2.19. The molecule has 0 saturated heterocycles. The van der Waals surface area contributed by atoms with Crippen LogP contribution in [0.2, 0.25) is 0 Å². The van der Waals surface area contributed by atoms with Crippen LogP contribution in [0.5, 0.6) is 0 Å². The van der Waals surface area contributed by atoms with Gasteiger partial charge in [-0.15, -0.1) is 0 Å². The molecule has 0 N–H and O–H groups in total. The van der Waals surface area contributed by atoms with E-state index in [1.54, 1.807) is 0 Å². The molecule has 1 unspecified atom stereocenters. The molecular weight excluding hydrogens is 268 g/mol. The molecule has 0 bridgehead atoms. The van der Waals surface area contributed by atoms with E-state index in [1.165, 1.54) is 70.0 Å². The highest BCUT2D eigenvalue weighted by atomic mass is 33.1. The van der Waals surface area contributed by atoms with Crippen LogP contribution in [0.15, 0.2) is 0 Å². The van der Waals surface area contributed by atoms with Gasteiger partial charge in [-0.3, -0.25) is 0 Å². The summed E-state index contributed by atoms with van der Waals surface area (Å²) >= 11 is 0. The lowest BCUT2D eigenvalue weighted by atomic mass is 9.90. The van der Waals surface area contributed by atoms with Crippen LogP contribution in [-0.2, 0) is 0 Å². The molecular formula is C17H36S2. The van der Waals surface area contributed by atoms with Gasteiger partial charge in [0.1, 0.15) is 0 Å². The Morgan fingerprint density at radius 1 is 0.737 bits per heavy atom. The van der Waals surface area contributed by atoms with Crippen LogP contribution in [0, 0.1) is 5.92 Å². The summed E-state index contributed by atoms with van der Waals surface area (Å²) in [6.45, 7) is 9.28. The van der Waals surface area contributed by atoms with Gasteiger partial charge >= 0.3 is 0 Å². The van der Waals surface area contributed by atoms with E-state index < -0.39 is 0 Å². The monoisotopic (exact) mass is 304 g/mol. The Kier molecular flexibility index (Phi) is 15.7. The number of unbranched alkanes of at least 4 members (excludes halogenated alkanes) is 5. The first-order valence-electron chi connectivity index (χ1n) is 8.58. The van der Waals surface area contributed by atoms with Gasteiger partial charge in [-0.2, -0.15) is 0 Å². The van der Waals surface area contributed by atoms with Gasteiger partial charge in [0.15, 0.2) is 0 Å². The molecule has 0 saturated carbocycles. The van der Waals surface area contributed by atoms with E-state index >= 15 is 0 Å². The van der Waals surface area contributed by atoms with Crippen molar-refractivity contribution >= 4 is 21.6 Å². The third-order valence-electron chi connectivity index (χ3n) is 3.84. The van der Waals surface area contributed by atoms with E-state index in [2.05, 4.69) is 49.3 Å². The molecule has 0 aromatic rings. The largest absolute Gasteiger partial charge is 0.0942 e. The molecule has 0 aliphatic rings. The van der Waals surface area contributed by atoms with Crippen molar-refractivity contribution in [1.29, 1.82) is 0 Å². The Labute approximate surface area is 130 Å². The van der Waals surface area contributed by atoms with Crippen molar-refractivity contribution in [3.63, 3.8) is 0 Å². The average Bonchev–Trinajstić information content (AvgIpc) is 2.43. The van der Waals surface area contributed by atoms with E-state index in [0.29, 0.717) is 0 Å². The molecule has 0 spiro atoms. The maximum atomic E-state index is 2.38. The Morgan fingerprint density at radius 3 is 1.84 bits per heavy atom. The van der Waals surface area contributed by atoms with E-state index in [9.17, 15) is 0 Å². The van der Waals surface area contributed by atoms with Gasteiger partial charge in [0.25, 0.3) is 0 Å². The molecule has 2 heteroatoms. The molecule has 0 aliphatic carbocycles. The lowest BCUT2D eigenvalue weighted by Crippen LogP contribution is -2.16. The van der Waals surface area contributed by atoms with Crippen LogP contribution in [-0.4, -0.2) is 11.0 Å². The molecule has 2 atom stereocenters. The number of hydrogen-bond donors (Lipinski definition) is 0. The standard InChI is InChI=1S/C17H36S2/c1-5-9-11-13-15-16(14-12-10-6-2)17(7-3)19-18-8-4/h16-17H,5-15H2,1-4H3/t16?,17-/m1/s1. The zero-order chi connectivity index (χ0) is 14.3. The number of hydrogen-bond acceptors (Lipinski definition) is 2. The molecule has 0 radical (unpaired) electrons. The van der Waals surface area contributed by atoms with Crippen LogP contribution in [0.4, 0.5) is 0 Å². The van der Waals surface area contributed by atoms with Crippen molar-refractivity contribution in [2.75, 3.05) is 5.75 Å². The summed E-state index contributed by atoms with van der Waals surface area (Å²) in [5, 5.41) is 0.892. The van der Waals surface area contributed by atoms with E-state index in [1.807, 2.05) is 0 Å². The van der Waals surface area contributed by atoms with Gasteiger partial charge in [0.2, 0.25) is 0 Å². The third kappa shape index (κ3) is 11.1. The maximum Gasteiger partial charge on any atom is 0.0177 e. The van der Waals surface area contributed by atoms with Crippen molar-refractivity contribution in [2.45, 2.75) is 97.2 Å². The molecule has 0 aromatic heterocycles. The summed E-state index contributed by atoms with van der Waals surface area (Å²) in [6.07, 6.45) is 14.2. The molecule has 0 amide bonds. The maximum absolute atomic E-state index is 2.38. The average molecular weight is 305 g/mol. The quantitative estimate of drug-likeness (QED) is 0.243. The molecule has 19 heavy (non-hydrogen) atoms. The topological polar surface area (TPSA) is 0 Å². The second-order valence-corrected chi connectivity index (χ2v) is 8.45. The first-order valence-corrected chi connectivity index (χ1v) is 11.0. The molecule has 0 nitrogen and oxygen atoms in total. The lowest BCUT2D eigenvalue weighted by molar-refractivity contribution is 0.392. The van der Waals surface area contributed by atoms with E-state index in [-0.39, 0.29) is 0 Å². The van der Waals surface area contributed by atoms with Crippen molar-refractivity contribution in [2.24, 2.45) is 5.92 Å². The second-order valence-electron chi connectivity index (χ2n) is 5.55. The SMILES string of the molecule is CCCCCCC(CCCCC)[C@@H](CC)SSCC. The Bertz CT molecular complexity index is 171. The summed E-state index contributed by atoms with van der Waals surface area (Å²) in [5.74, 6) is 2.22. The minimum Gasteiger partial charge on any atom is -0.0942 e. The minimum atomic E-state index is 0.892. The van der Waals surface area contributed by atoms with E-state index in [0.717, 1.165) is 11.2 Å². The van der Waals surface area contributed by atoms with Crippen molar-refractivity contribution in [3.05, 3.63) is 0 Å². The summed E-state index contributed by atoms with van der Waals surface area (Å²) in [5.41, 5.74) is 0. The first-order chi connectivity index (χ1) is 9.29. The minimum absolute atomic E-state index is 0.892. The van der Waals surface area contributed by atoms with Crippen molar-refractivity contribution in [1.82, 2.24) is 0 Å². The molecule has 0 rings (SSSR count). The smallest absolute Gasteiger partial charge is 0.0177 e. The van der Waals surface area contributed by atoms with Crippen LogP contribution in [0.25, 0.3) is 0 Å². The molecule has 0 fully saturated rings. The normalized spacial score (nSPS) is 14.5. The summed E-state index contributed by atoms with van der Waals surface area (Å²) < 4.78 is 0. The fourth-order valence-corrected chi connectivity index (χ4v) is 5.33. The Balaban J connectivity index is 4.10. The van der Waals surface area contributed by atoms with Gasteiger partial charge < -0.3 is 0 Å². The summed E-state index contributed by atoms with van der Waals surface area (Å²) in [7, 11) is 4.24. The summed E-state index contributed by atoms with van der Waals surface area (Å²) in [6, 6.07) is 0. The highest BCUT2D eigenvalue weighted by Crippen LogP contribution is 2.37. The lowest BCUT2D eigenvalue weighted by Gasteiger charge is -2.25. The summed E-state index contributed by atoms with van der Waals surface area (Å²) in [4.78, 5) is 0. The van der Waals surface area contributed by atoms with Crippen LogP contribution >= 0.6 is 21.6 Å². The second kappa shape index (κ2) is 15.1. The first kappa shape index (κ1) is 19.7.